The molecule has 1 aliphatic rings. The van der Waals surface area contributed by atoms with Gasteiger partial charge >= 0.3 is 0 Å². The third-order valence-electron chi connectivity index (χ3n) is 5.23. The molecule has 6 nitrogen and oxygen atoms in total. The number of benzene rings is 1. The van der Waals surface area contributed by atoms with Crippen LogP contribution in [0.5, 0.6) is 0 Å². The second-order valence-corrected chi connectivity index (χ2v) is 7.18. The highest BCUT2D eigenvalue weighted by Gasteiger charge is 2.26. The average Bonchev–Trinajstić information content (AvgIpc) is 3.19. The van der Waals surface area contributed by atoms with E-state index in [-0.39, 0.29) is 11.9 Å². The standard InChI is InChI=1S/C22H20FN5O/c23-19-4-1-16(2-5-19)13-27-11-12-29-21(15-27)22-20-6-3-18(14-28(20)26-25-22)17-7-9-24-10-8-17/h1-10,14,21H,11-13,15H2/t21-/m1/s1. The van der Waals surface area contributed by atoms with Gasteiger partial charge in [0.05, 0.1) is 12.1 Å². The van der Waals surface area contributed by atoms with Crippen LogP contribution in [0.15, 0.2) is 67.1 Å². The van der Waals surface area contributed by atoms with E-state index in [1.807, 2.05) is 36.5 Å². The predicted octanol–water partition coefficient (Wildman–Crippen LogP) is 3.50. The number of nitrogens with zero attached hydrogens (tertiary/aromatic N) is 5. The van der Waals surface area contributed by atoms with Crippen molar-refractivity contribution >= 4 is 5.52 Å². The fraction of sp³-hybridized carbons (Fsp3) is 0.227. The minimum Gasteiger partial charge on any atom is -0.369 e. The second kappa shape index (κ2) is 7.69. The monoisotopic (exact) mass is 389 g/mol. The van der Waals surface area contributed by atoms with E-state index in [0.29, 0.717) is 6.61 Å². The zero-order chi connectivity index (χ0) is 19.6. The van der Waals surface area contributed by atoms with Gasteiger partial charge in [-0.15, -0.1) is 5.10 Å². The number of halogens is 1. The van der Waals surface area contributed by atoms with E-state index in [4.69, 9.17) is 4.74 Å². The summed E-state index contributed by atoms with van der Waals surface area (Å²) in [6.07, 6.45) is 5.38. The topological polar surface area (TPSA) is 55.5 Å². The van der Waals surface area contributed by atoms with Crippen LogP contribution in [0, 0.1) is 5.82 Å². The highest BCUT2D eigenvalue weighted by Crippen LogP contribution is 2.27. The maximum absolute atomic E-state index is 13.1. The minimum atomic E-state index is -0.213. The number of aromatic nitrogens is 4. The van der Waals surface area contributed by atoms with Crippen molar-refractivity contribution < 1.29 is 9.13 Å². The van der Waals surface area contributed by atoms with Crippen molar-refractivity contribution in [3.63, 3.8) is 0 Å². The van der Waals surface area contributed by atoms with Crippen LogP contribution < -0.4 is 0 Å². The molecule has 0 N–H and O–H groups in total. The summed E-state index contributed by atoms with van der Waals surface area (Å²) >= 11 is 0. The lowest BCUT2D eigenvalue weighted by atomic mass is 10.1. The molecule has 29 heavy (non-hydrogen) atoms. The number of morpholine rings is 1. The molecular formula is C22H20FN5O. The minimum absolute atomic E-state index is 0.145. The van der Waals surface area contributed by atoms with Crippen LogP contribution in [-0.2, 0) is 11.3 Å². The van der Waals surface area contributed by atoms with Gasteiger partial charge < -0.3 is 4.74 Å². The Labute approximate surface area is 167 Å². The van der Waals surface area contributed by atoms with Crippen molar-refractivity contribution in [3.05, 3.63) is 84.2 Å². The van der Waals surface area contributed by atoms with Crippen molar-refractivity contribution in [3.8, 4) is 11.1 Å². The molecule has 0 radical (unpaired) electrons. The summed E-state index contributed by atoms with van der Waals surface area (Å²) in [5.41, 5.74) is 5.01. The van der Waals surface area contributed by atoms with Crippen LogP contribution in [0.2, 0.25) is 0 Å². The Morgan fingerprint density at radius 1 is 1.00 bits per heavy atom. The van der Waals surface area contributed by atoms with Gasteiger partial charge in [-0.05, 0) is 41.5 Å². The van der Waals surface area contributed by atoms with Crippen LogP contribution in [0.25, 0.3) is 16.6 Å². The second-order valence-electron chi connectivity index (χ2n) is 7.18. The summed E-state index contributed by atoms with van der Waals surface area (Å²) in [4.78, 5) is 6.37. The number of ether oxygens (including phenoxy) is 1. The molecule has 7 heteroatoms. The third kappa shape index (κ3) is 3.74. The summed E-state index contributed by atoms with van der Waals surface area (Å²) in [6, 6.07) is 14.7. The SMILES string of the molecule is Fc1ccc(CN2CCO[C@@H](c3nnn4cc(-c5ccncc5)ccc34)C2)cc1. The van der Waals surface area contributed by atoms with Crippen LogP contribution in [0.4, 0.5) is 4.39 Å². The molecule has 0 saturated carbocycles. The molecule has 4 aromatic rings. The normalized spacial score (nSPS) is 17.6. The van der Waals surface area contributed by atoms with Gasteiger partial charge in [0.1, 0.15) is 17.6 Å². The molecule has 0 spiro atoms. The summed E-state index contributed by atoms with van der Waals surface area (Å²) in [5, 5.41) is 8.72. The first-order valence-electron chi connectivity index (χ1n) is 9.60. The van der Waals surface area contributed by atoms with Crippen molar-refractivity contribution in [2.24, 2.45) is 0 Å². The first-order valence-corrected chi connectivity index (χ1v) is 9.60. The fourth-order valence-electron chi connectivity index (χ4n) is 3.72. The maximum atomic E-state index is 13.1. The van der Waals surface area contributed by atoms with Gasteiger partial charge in [-0.2, -0.15) is 0 Å². The van der Waals surface area contributed by atoms with E-state index in [1.165, 1.54) is 12.1 Å². The predicted molar refractivity (Wildman–Crippen MR) is 107 cm³/mol. The van der Waals surface area contributed by atoms with Gasteiger partial charge in [0.25, 0.3) is 0 Å². The molecule has 1 fully saturated rings. The fourth-order valence-corrected chi connectivity index (χ4v) is 3.72. The Hall–Kier alpha value is -3.16. The van der Waals surface area contributed by atoms with E-state index in [1.54, 1.807) is 16.9 Å². The maximum Gasteiger partial charge on any atom is 0.123 e. The molecule has 0 amide bonds. The Bertz CT molecular complexity index is 1110. The number of hydrogen-bond donors (Lipinski definition) is 0. The zero-order valence-corrected chi connectivity index (χ0v) is 15.8. The van der Waals surface area contributed by atoms with Gasteiger partial charge in [0, 0.05) is 43.8 Å². The average molecular weight is 389 g/mol. The lowest BCUT2D eigenvalue weighted by Crippen LogP contribution is -2.38. The molecule has 0 aliphatic carbocycles. The van der Waals surface area contributed by atoms with Crippen molar-refractivity contribution in [1.82, 2.24) is 24.7 Å². The molecule has 1 atom stereocenters. The summed E-state index contributed by atoms with van der Waals surface area (Å²) < 4.78 is 20.9. The highest BCUT2D eigenvalue weighted by atomic mass is 19.1. The van der Waals surface area contributed by atoms with E-state index in [2.05, 4.69) is 26.3 Å². The van der Waals surface area contributed by atoms with Crippen molar-refractivity contribution in [2.75, 3.05) is 19.7 Å². The van der Waals surface area contributed by atoms with E-state index in [9.17, 15) is 4.39 Å². The molecule has 3 aromatic heterocycles. The van der Waals surface area contributed by atoms with Crippen molar-refractivity contribution in [2.45, 2.75) is 12.6 Å². The lowest BCUT2D eigenvalue weighted by molar-refractivity contribution is -0.0343. The Morgan fingerprint density at radius 3 is 2.66 bits per heavy atom. The summed E-state index contributed by atoms with van der Waals surface area (Å²) in [6.45, 7) is 2.93. The Kier molecular flexibility index (Phi) is 4.75. The Morgan fingerprint density at radius 2 is 1.83 bits per heavy atom. The zero-order valence-electron chi connectivity index (χ0n) is 15.8. The number of hydrogen-bond acceptors (Lipinski definition) is 5. The molecule has 1 aliphatic heterocycles. The molecular weight excluding hydrogens is 369 g/mol. The largest absolute Gasteiger partial charge is 0.369 e. The lowest BCUT2D eigenvalue weighted by Gasteiger charge is -2.32. The number of rotatable bonds is 4. The summed E-state index contributed by atoms with van der Waals surface area (Å²) in [5.74, 6) is -0.213. The van der Waals surface area contributed by atoms with Gasteiger partial charge in [0.2, 0.25) is 0 Å². The quantitative estimate of drug-likeness (QED) is 0.535. The van der Waals surface area contributed by atoms with Crippen molar-refractivity contribution in [1.29, 1.82) is 0 Å². The molecule has 0 bridgehead atoms. The molecule has 1 saturated heterocycles. The first kappa shape index (κ1) is 17.9. The van der Waals surface area contributed by atoms with Gasteiger partial charge in [-0.1, -0.05) is 23.4 Å². The van der Waals surface area contributed by atoms with Gasteiger partial charge in [-0.25, -0.2) is 8.91 Å². The number of pyridine rings is 2. The van der Waals surface area contributed by atoms with Crippen LogP contribution in [0.3, 0.4) is 0 Å². The van der Waals surface area contributed by atoms with E-state index < -0.39 is 0 Å². The molecule has 0 unspecified atom stereocenters. The van der Waals surface area contributed by atoms with Crippen LogP contribution in [-0.4, -0.2) is 44.4 Å². The summed E-state index contributed by atoms with van der Waals surface area (Å²) in [7, 11) is 0. The van der Waals surface area contributed by atoms with Crippen LogP contribution in [0.1, 0.15) is 17.4 Å². The third-order valence-corrected chi connectivity index (χ3v) is 5.23. The highest BCUT2D eigenvalue weighted by molar-refractivity contribution is 5.65. The molecule has 146 valence electrons. The van der Waals surface area contributed by atoms with Gasteiger partial charge in [-0.3, -0.25) is 9.88 Å². The smallest absolute Gasteiger partial charge is 0.123 e. The Balaban J connectivity index is 1.36. The molecule has 1 aromatic carbocycles. The van der Waals surface area contributed by atoms with E-state index >= 15 is 0 Å². The van der Waals surface area contributed by atoms with Crippen LogP contribution >= 0.6 is 0 Å². The van der Waals surface area contributed by atoms with E-state index in [0.717, 1.165) is 47.5 Å². The first-order chi connectivity index (χ1) is 14.3. The van der Waals surface area contributed by atoms with Gasteiger partial charge in [0.15, 0.2) is 0 Å². The molecule has 4 heterocycles. The molecule has 5 rings (SSSR count). The number of fused-ring (bicyclic) bond motifs is 1.